The van der Waals surface area contributed by atoms with Crippen molar-refractivity contribution in [2.45, 2.75) is 57.9 Å². The molecule has 3 heterocycles. The van der Waals surface area contributed by atoms with Crippen LogP contribution in [0.5, 0.6) is 0 Å². The molecule has 0 radical (unpaired) electrons. The van der Waals surface area contributed by atoms with E-state index in [0.717, 1.165) is 5.56 Å². The van der Waals surface area contributed by atoms with E-state index in [1.165, 1.54) is 6.07 Å². The molecule has 2 saturated heterocycles. The summed E-state index contributed by atoms with van der Waals surface area (Å²) < 4.78 is 6.53. The van der Waals surface area contributed by atoms with E-state index in [2.05, 4.69) is 5.32 Å². The zero-order chi connectivity index (χ0) is 34.1. The van der Waals surface area contributed by atoms with Crippen molar-refractivity contribution >= 4 is 75.6 Å². The number of benzene rings is 3. The second kappa shape index (κ2) is 12.2. The molecule has 12 heteroatoms. The highest BCUT2D eigenvalue weighted by atomic mass is 35.5. The van der Waals surface area contributed by atoms with Crippen molar-refractivity contribution in [3.8, 4) is 0 Å². The van der Waals surface area contributed by atoms with E-state index < -0.39 is 52.2 Å². The van der Waals surface area contributed by atoms with Crippen LogP contribution < -0.4 is 10.2 Å². The maximum atomic E-state index is 15.1. The third kappa shape index (κ3) is 6.02. The highest BCUT2D eigenvalue weighted by Crippen LogP contribution is 2.61. The number of aliphatic carboxylic acids is 1. The monoisotopic (exact) mass is 717 g/mol. The average Bonchev–Trinajstić information content (AvgIpc) is 3.56. The largest absolute Gasteiger partial charge is 0.481 e. The van der Waals surface area contributed by atoms with Crippen LogP contribution in [-0.4, -0.2) is 52.5 Å². The van der Waals surface area contributed by atoms with Crippen LogP contribution in [0.3, 0.4) is 0 Å². The van der Waals surface area contributed by atoms with Gasteiger partial charge >= 0.3 is 5.97 Å². The number of fused-ring (bicyclic) bond motifs is 4. The topological polar surface area (TPSA) is 99.2 Å². The van der Waals surface area contributed by atoms with Crippen LogP contribution in [0.2, 0.25) is 20.1 Å². The number of halogens is 4. The number of rotatable bonds is 7. The van der Waals surface area contributed by atoms with Crippen LogP contribution in [0.15, 0.2) is 60.7 Å². The van der Waals surface area contributed by atoms with Crippen LogP contribution in [0.1, 0.15) is 45.2 Å². The fraction of sp³-hybridized carbons (Fsp3) is 0.400. The maximum Gasteiger partial charge on any atom is 0.310 e. The predicted octanol–water partition coefficient (Wildman–Crippen LogP) is 7.91. The third-order valence-corrected chi connectivity index (χ3v) is 10.3. The molecule has 1 spiro atoms. The van der Waals surface area contributed by atoms with E-state index in [1.807, 2.05) is 62.9 Å². The van der Waals surface area contributed by atoms with Gasteiger partial charge in [-0.2, -0.15) is 0 Å². The van der Waals surface area contributed by atoms with Crippen molar-refractivity contribution in [1.82, 2.24) is 4.90 Å². The molecule has 0 saturated carbocycles. The molecule has 3 aromatic rings. The van der Waals surface area contributed by atoms with Crippen molar-refractivity contribution in [3.63, 3.8) is 0 Å². The molecule has 3 aliphatic heterocycles. The van der Waals surface area contributed by atoms with Crippen molar-refractivity contribution in [1.29, 1.82) is 0 Å². The minimum absolute atomic E-state index is 0.178. The van der Waals surface area contributed by atoms with E-state index in [4.69, 9.17) is 51.1 Å². The van der Waals surface area contributed by atoms with Crippen molar-refractivity contribution in [2.24, 2.45) is 17.3 Å². The lowest BCUT2D eigenvalue weighted by atomic mass is 9.72. The minimum Gasteiger partial charge on any atom is -0.481 e. The molecule has 2 fully saturated rings. The van der Waals surface area contributed by atoms with Gasteiger partial charge in [0.2, 0.25) is 5.91 Å². The SMILES string of the molecule is CC(C)(C)CN(C(=O)C1[C@H]2C[C@](C)(OCc3ccccc3)CN2[C@]2(C(=O)Nc3c(Cl)cc(Cl)cc32)[C@H]1C(=O)O)c1cc(Cl)cc(Cl)c1. The van der Waals surface area contributed by atoms with Gasteiger partial charge < -0.3 is 20.1 Å². The minimum atomic E-state index is -1.80. The first-order chi connectivity index (χ1) is 22.0. The Morgan fingerprint density at radius 2 is 1.66 bits per heavy atom. The predicted molar refractivity (Wildman–Crippen MR) is 184 cm³/mol. The van der Waals surface area contributed by atoms with Crippen LogP contribution in [0, 0.1) is 17.3 Å². The summed E-state index contributed by atoms with van der Waals surface area (Å²) in [5.41, 5.74) is -1.03. The van der Waals surface area contributed by atoms with Gasteiger partial charge in [-0.3, -0.25) is 19.3 Å². The Morgan fingerprint density at radius 3 is 2.28 bits per heavy atom. The number of ether oxygens (including phenoxy) is 1. The first-order valence-electron chi connectivity index (χ1n) is 15.3. The molecule has 0 aromatic heterocycles. The molecule has 2 N–H and O–H groups in total. The van der Waals surface area contributed by atoms with Crippen molar-refractivity contribution < 1.29 is 24.2 Å². The second-order valence-electron chi connectivity index (χ2n) is 14.1. The van der Waals surface area contributed by atoms with Crippen LogP contribution >= 0.6 is 46.4 Å². The molecule has 8 nitrogen and oxygen atoms in total. The standard InChI is InChI=1S/C35H35Cl4N3O5/c1-33(2,3)17-41(23-11-20(36)10-21(37)12-23)30(43)27-26-15-34(4,47-16-19-8-6-5-7-9-19)18-42(26)35(28(27)31(44)45)24-13-22(38)14-25(39)29(24)40-32(35)46/h5-14,26-28H,15-18H2,1-4H3,(H,40,46)(H,44,45)/t26-,27?,28-,34+,35+/m1/s1. The number of carboxylic acid groups (broad SMARTS) is 1. The fourth-order valence-corrected chi connectivity index (χ4v) is 8.67. The number of nitrogens with zero attached hydrogens (tertiary/aromatic N) is 2. The highest BCUT2D eigenvalue weighted by Gasteiger charge is 2.74. The first-order valence-corrected chi connectivity index (χ1v) is 16.8. The molecule has 0 aliphatic carbocycles. The lowest BCUT2D eigenvalue weighted by Crippen LogP contribution is -2.55. The van der Waals surface area contributed by atoms with Gasteiger partial charge in [-0.05, 0) is 54.7 Å². The lowest BCUT2D eigenvalue weighted by Gasteiger charge is -2.38. The molecule has 6 rings (SSSR count). The summed E-state index contributed by atoms with van der Waals surface area (Å²) in [5, 5.41) is 15.0. The Morgan fingerprint density at radius 1 is 1.02 bits per heavy atom. The molecule has 47 heavy (non-hydrogen) atoms. The Kier molecular flexibility index (Phi) is 8.86. The van der Waals surface area contributed by atoms with Crippen LogP contribution in [-0.2, 0) is 31.3 Å². The van der Waals surface area contributed by atoms with E-state index in [9.17, 15) is 14.7 Å². The molecule has 5 atom stereocenters. The van der Waals surface area contributed by atoms with Gasteiger partial charge in [-0.25, -0.2) is 0 Å². The molecule has 0 bridgehead atoms. The summed E-state index contributed by atoms with van der Waals surface area (Å²) in [4.78, 5) is 46.4. The Balaban J connectivity index is 1.52. The van der Waals surface area contributed by atoms with Gasteiger partial charge in [0.05, 0.1) is 28.8 Å². The van der Waals surface area contributed by atoms with Gasteiger partial charge in [-0.1, -0.05) is 97.5 Å². The van der Waals surface area contributed by atoms with E-state index in [1.54, 1.807) is 29.2 Å². The lowest BCUT2D eigenvalue weighted by molar-refractivity contribution is -0.153. The summed E-state index contributed by atoms with van der Waals surface area (Å²) in [7, 11) is 0. The van der Waals surface area contributed by atoms with Gasteiger partial charge in [0, 0.05) is 45.5 Å². The summed E-state index contributed by atoms with van der Waals surface area (Å²) >= 11 is 25.9. The summed E-state index contributed by atoms with van der Waals surface area (Å²) in [6.45, 7) is 8.57. The van der Waals surface area contributed by atoms with E-state index in [-0.39, 0.29) is 28.8 Å². The molecule has 1 unspecified atom stereocenters. The van der Waals surface area contributed by atoms with Crippen LogP contribution in [0.25, 0.3) is 0 Å². The number of amides is 2. The molecular formula is C35H35Cl4N3O5. The molecule has 248 valence electrons. The van der Waals surface area contributed by atoms with Gasteiger partial charge in [-0.15, -0.1) is 0 Å². The summed E-state index contributed by atoms with van der Waals surface area (Å²) in [6.07, 6.45) is 0.290. The number of carbonyl (C=O) groups is 3. The Bertz CT molecular complexity index is 1750. The van der Waals surface area contributed by atoms with E-state index >= 15 is 4.79 Å². The number of carbonyl (C=O) groups excluding carboxylic acids is 2. The smallest absolute Gasteiger partial charge is 0.310 e. The number of nitrogens with one attached hydrogen (secondary N) is 1. The number of carboxylic acids is 1. The number of hydrogen-bond acceptors (Lipinski definition) is 5. The third-order valence-electron chi connectivity index (χ3n) is 9.31. The van der Waals surface area contributed by atoms with Crippen molar-refractivity contribution in [3.05, 3.63) is 91.9 Å². The zero-order valence-electron chi connectivity index (χ0n) is 26.3. The Labute approximate surface area is 293 Å². The van der Waals surface area contributed by atoms with Crippen molar-refractivity contribution in [2.75, 3.05) is 23.3 Å². The fourth-order valence-electron chi connectivity index (χ4n) is 7.61. The Hall–Kier alpha value is -2.85. The van der Waals surface area contributed by atoms with E-state index in [0.29, 0.717) is 34.3 Å². The maximum absolute atomic E-state index is 15.1. The normalized spacial score (nSPS) is 26.7. The number of anilines is 2. The molecule has 3 aliphatic rings. The molecule has 2 amide bonds. The average molecular weight is 719 g/mol. The summed E-state index contributed by atoms with van der Waals surface area (Å²) in [5.74, 6) is -5.00. The zero-order valence-corrected chi connectivity index (χ0v) is 29.3. The summed E-state index contributed by atoms with van der Waals surface area (Å²) in [6, 6.07) is 16.9. The highest BCUT2D eigenvalue weighted by molar-refractivity contribution is 6.38. The van der Waals surface area contributed by atoms with Crippen LogP contribution in [0.4, 0.5) is 11.4 Å². The molecule has 3 aromatic carbocycles. The molecular weight excluding hydrogens is 684 g/mol. The van der Waals surface area contributed by atoms with Gasteiger partial charge in [0.25, 0.3) is 5.91 Å². The number of hydrogen-bond donors (Lipinski definition) is 2. The first kappa shape index (κ1) is 34.0. The van der Waals surface area contributed by atoms with Gasteiger partial charge in [0.1, 0.15) is 11.5 Å². The quantitative estimate of drug-likeness (QED) is 0.258. The second-order valence-corrected chi connectivity index (χ2v) is 15.8. The van der Waals surface area contributed by atoms with Gasteiger partial charge in [0.15, 0.2) is 0 Å².